The molecule has 0 spiro atoms. The second kappa shape index (κ2) is 7.89. The van der Waals surface area contributed by atoms with E-state index in [0.29, 0.717) is 29.2 Å². The molecule has 3 rings (SSSR count). The van der Waals surface area contributed by atoms with Gasteiger partial charge in [0.1, 0.15) is 30.0 Å². The van der Waals surface area contributed by atoms with E-state index in [-0.39, 0.29) is 17.5 Å². The average molecular weight is 350 g/mol. The summed E-state index contributed by atoms with van der Waals surface area (Å²) in [6.07, 6.45) is 3.49. The molecule has 26 heavy (non-hydrogen) atoms. The highest BCUT2D eigenvalue weighted by molar-refractivity contribution is 5.76. The summed E-state index contributed by atoms with van der Waals surface area (Å²) < 4.78 is 5.67. The van der Waals surface area contributed by atoms with Crippen LogP contribution in [0.2, 0.25) is 0 Å². The molecule has 6 heteroatoms. The average Bonchev–Trinajstić information content (AvgIpc) is 2.66. The number of phenolic OH excluding ortho intramolecular Hbond substituents is 1. The Morgan fingerprint density at radius 1 is 1.42 bits per heavy atom. The van der Waals surface area contributed by atoms with Crippen LogP contribution in [0.4, 0.5) is 5.82 Å². The van der Waals surface area contributed by atoms with Gasteiger partial charge in [0.15, 0.2) is 0 Å². The van der Waals surface area contributed by atoms with Gasteiger partial charge in [-0.1, -0.05) is 18.7 Å². The first-order chi connectivity index (χ1) is 12.7. The van der Waals surface area contributed by atoms with Gasteiger partial charge >= 0.3 is 0 Å². The molecule has 4 N–H and O–H groups in total. The number of aromatic hydroxyl groups is 1. The lowest BCUT2D eigenvalue weighted by Gasteiger charge is -2.25. The van der Waals surface area contributed by atoms with E-state index in [1.165, 1.54) is 0 Å². The minimum Gasteiger partial charge on any atom is -0.507 e. The van der Waals surface area contributed by atoms with E-state index >= 15 is 0 Å². The van der Waals surface area contributed by atoms with Gasteiger partial charge in [-0.25, -0.2) is 4.98 Å². The fraction of sp³-hybridized carbons (Fsp3) is 0.300. The van der Waals surface area contributed by atoms with Crippen molar-refractivity contribution in [3.05, 3.63) is 48.0 Å². The van der Waals surface area contributed by atoms with Crippen LogP contribution in [0.5, 0.6) is 11.5 Å². The van der Waals surface area contributed by atoms with Crippen LogP contribution in [0, 0.1) is 11.3 Å². The Morgan fingerprint density at radius 3 is 2.88 bits per heavy atom. The van der Waals surface area contributed by atoms with Crippen molar-refractivity contribution in [1.29, 1.82) is 5.26 Å². The number of anilines is 1. The molecule has 6 nitrogen and oxygen atoms in total. The minimum atomic E-state index is 0.0550. The van der Waals surface area contributed by atoms with E-state index in [4.69, 9.17) is 10.5 Å². The van der Waals surface area contributed by atoms with Gasteiger partial charge < -0.3 is 20.9 Å². The first kappa shape index (κ1) is 17.8. The summed E-state index contributed by atoms with van der Waals surface area (Å²) in [5.41, 5.74) is 8.37. The molecular formula is C20H22N4O2. The molecule has 1 aromatic heterocycles. The smallest absolute Gasteiger partial charge is 0.142 e. The summed E-state index contributed by atoms with van der Waals surface area (Å²) in [4.78, 5) is 4.37. The van der Waals surface area contributed by atoms with Gasteiger partial charge in [-0.05, 0) is 55.6 Å². The predicted octanol–water partition coefficient (Wildman–Crippen LogP) is 2.94. The molecule has 1 aromatic carbocycles. The van der Waals surface area contributed by atoms with Crippen molar-refractivity contribution in [3.8, 4) is 28.8 Å². The molecule has 1 saturated heterocycles. The molecule has 0 saturated carbocycles. The molecular weight excluding hydrogens is 328 g/mol. The van der Waals surface area contributed by atoms with Crippen molar-refractivity contribution in [2.24, 2.45) is 0 Å². The Morgan fingerprint density at radius 2 is 2.19 bits per heavy atom. The summed E-state index contributed by atoms with van der Waals surface area (Å²) in [7, 11) is 0. The van der Waals surface area contributed by atoms with Gasteiger partial charge in [0.25, 0.3) is 0 Å². The second-order valence-electron chi connectivity index (χ2n) is 6.24. The SMILES string of the molecule is C=CCOc1cccc(O)c1-c1cc(C2CCNCC2)c(C#N)c(N)n1. The van der Waals surface area contributed by atoms with E-state index in [0.717, 1.165) is 31.5 Å². The molecule has 0 atom stereocenters. The van der Waals surface area contributed by atoms with Crippen LogP contribution in [-0.2, 0) is 0 Å². The van der Waals surface area contributed by atoms with Crippen LogP contribution < -0.4 is 15.8 Å². The maximum atomic E-state index is 10.4. The zero-order valence-electron chi connectivity index (χ0n) is 14.5. The lowest BCUT2D eigenvalue weighted by atomic mass is 9.86. The van der Waals surface area contributed by atoms with Crippen LogP contribution in [0.3, 0.4) is 0 Å². The number of rotatable bonds is 5. The van der Waals surface area contributed by atoms with Crippen LogP contribution in [0.1, 0.15) is 29.9 Å². The van der Waals surface area contributed by atoms with Gasteiger partial charge in [-0.15, -0.1) is 0 Å². The van der Waals surface area contributed by atoms with Crippen molar-refractivity contribution in [2.45, 2.75) is 18.8 Å². The normalized spacial score (nSPS) is 14.6. The Labute approximate surface area is 152 Å². The third-order valence-corrected chi connectivity index (χ3v) is 4.59. The topological polar surface area (TPSA) is 104 Å². The summed E-state index contributed by atoms with van der Waals surface area (Å²) in [5, 5.41) is 23.3. The second-order valence-corrected chi connectivity index (χ2v) is 6.24. The maximum Gasteiger partial charge on any atom is 0.142 e. The fourth-order valence-corrected chi connectivity index (χ4v) is 3.34. The maximum absolute atomic E-state index is 10.4. The van der Waals surface area contributed by atoms with Crippen LogP contribution in [-0.4, -0.2) is 29.8 Å². The Balaban J connectivity index is 2.13. The van der Waals surface area contributed by atoms with Crippen molar-refractivity contribution in [1.82, 2.24) is 10.3 Å². The number of aromatic nitrogens is 1. The Kier molecular flexibility index (Phi) is 5.40. The first-order valence-corrected chi connectivity index (χ1v) is 8.63. The largest absolute Gasteiger partial charge is 0.507 e. The quantitative estimate of drug-likeness (QED) is 0.716. The van der Waals surface area contributed by atoms with E-state index in [1.54, 1.807) is 24.3 Å². The van der Waals surface area contributed by atoms with Gasteiger partial charge in [0.05, 0.1) is 16.8 Å². The molecule has 1 aliphatic rings. The summed E-state index contributed by atoms with van der Waals surface area (Å²) in [6.45, 7) is 5.76. The monoisotopic (exact) mass is 350 g/mol. The zero-order valence-corrected chi connectivity index (χ0v) is 14.5. The number of nitrogen functional groups attached to an aromatic ring is 1. The van der Waals surface area contributed by atoms with Gasteiger partial charge in [0.2, 0.25) is 0 Å². The summed E-state index contributed by atoms with van der Waals surface area (Å²) in [5.74, 6) is 0.965. The molecule has 0 amide bonds. The predicted molar refractivity (Wildman–Crippen MR) is 101 cm³/mol. The molecule has 134 valence electrons. The first-order valence-electron chi connectivity index (χ1n) is 8.63. The van der Waals surface area contributed by atoms with E-state index in [9.17, 15) is 10.4 Å². The van der Waals surface area contributed by atoms with Crippen LogP contribution in [0.25, 0.3) is 11.3 Å². The lowest BCUT2D eigenvalue weighted by molar-refractivity contribution is 0.361. The lowest BCUT2D eigenvalue weighted by Crippen LogP contribution is -2.27. The number of pyridine rings is 1. The molecule has 2 aromatic rings. The number of phenols is 1. The highest BCUT2D eigenvalue weighted by atomic mass is 16.5. The summed E-state index contributed by atoms with van der Waals surface area (Å²) in [6, 6.07) is 9.10. The highest BCUT2D eigenvalue weighted by Gasteiger charge is 2.23. The van der Waals surface area contributed by atoms with Gasteiger partial charge in [0, 0.05) is 0 Å². The third-order valence-electron chi connectivity index (χ3n) is 4.59. The molecule has 0 bridgehead atoms. The highest BCUT2D eigenvalue weighted by Crippen LogP contribution is 2.40. The number of benzene rings is 1. The molecule has 2 heterocycles. The number of nitrogens with two attached hydrogens (primary N) is 1. The van der Waals surface area contributed by atoms with Crippen LogP contribution >= 0.6 is 0 Å². The van der Waals surface area contributed by atoms with Crippen molar-refractivity contribution in [3.63, 3.8) is 0 Å². The Bertz CT molecular complexity index is 852. The number of ether oxygens (including phenoxy) is 1. The summed E-state index contributed by atoms with van der Waals surface area (Å²) >= 11 is 0. The molecule has 1 aliphatic heterocycles. The van der Waals surface area contributed by atoms with E-state index < -0.39 is 0 Å². The van der Waals surface area contributed by atoms with Crippen molar-refractivity contribution in [2.75, 3.05) is 25.4 Å². The number of nitrogens with one attached hydrogen (secondary N) is 1. The molecule has 0 aliphatic carbocycles. The standard InChI is InChI=1S/C20H22N4O2/c1-2-10-26-18-5-3-4-17(25)19(18)16-11-14(13-6-8-23-9-7-13)15(12-21)20(22)24-16/h2-5,11,13,23,25H,1,6-10H2,(H2,22,24). The van der Waals surface area contributed by atoms with Crippen molar-refractivity contribution < 1.29 is 9.84 Å². The number of nitrogens with zero attached hydrogens (tertiary/aromatic N) is 2. The van der Waals surface area contributed by atoms with Gasteiger partial charge in [-0.2, -0.15) is 5.26 Å². The van der Waals surface area contributed by atoms with Crippen LogP contribution in [0.15, 0.2) is 36.9 Å². The number of hydrogen-bond donors (Lipinski definition) is 3. The van der Waals surface area contributed by atoms with Crippen molar-refractivity contribution >= 4 is 5.82 Å². The third kappa shape index (κ3) is 3.48. The number of nitriles is 1. The zero-order chi connectivity index (χ0) is 18.5. The minimum absolute atomic E-state index is 0.0550. The molecule has 0 radical (unpaired) electrons. The molecule has 1 fully saturated rings. The van der Waals surface area contributed by atoms with E-state index in [2.05, 4.69) is 22.9 Å². The number of hydrogen-bond acceptors (Lipinski definition) is 6. The molecule has 0 unspecified atom stereocenters. The van der Waals surface area contributed by atoms with E-state index in [1.807, 2.05) is 6.07 Å². The van der Waals surface area contributed by atoms with Gasteiger partial charge in [-0.3, -0.25) is 0 Å². The fourth-order valence-electron chi connectivity index (χ4n) is 3.34. The Hall–Kier alpha value is -3.04. The number of piperidine rings is 1.